The van der Waals surface area contributed by atoms with Gasteiger partial charge in [0.15, 0.2) is 0 Å². The van der Waals surface area contributed by atoms with Crippen molar-refractivity contribution in [2.24, 2.45) is 0 Å². The number of sulfonamides is 1. The molecule has 3 rings (SSSR count). The molecule has 0 amide bonds. The third-order valence-electron chi connectivity index (χ3n) is 3.29. The van der Waals surface area contributed by atoms with Crippen molar-refractivity contribution in [3.05, 3.63) is 64.6 Å². The summed E-state index contributed by atoms with van der Waals surface area (Å²) in [4.78, 5) is 2.62. The standard InChI is InChI=1S/C16H14FNO3S3/c17-11-3-1-4-12(9-11)24(20,21)18-10-13(19)14-6-7-16(23-14)15-5-2-8-22-15/h1-9,13,18-19H,10H2. The molecule has 1 aromatic carbocycles. The number of thiophene rings is 2. The van der Waals surface area contributed by atoms with Crippen LogP contribution in [0.2, 0.25) is 0 Å². The van der Waals surface area contributed by atoms with Gasteiger partial charge in [0.2, 0.25) is 10.0 Å². The van der Waals surface area contributed by atoms with Crippen molar-refractivity contribution in [1.82, 2.24) is 4.72 Å². The van der Waals surface area contributed by atoms with Crippen LogP contribution in [-0.2, 0) is 10.0 Å². The molecule has 0 fully saturated rings. The Bertz CT molecular complexity index is 920. The number of halogens is 1. The molecule has 1 atom stereocenters. The van der Waals surface area contributed by atoms with E-state index in [0.717, 1.165) is 15.8 Å². The molecule has 2 aromatic heterocycles. The SMILES string of the molecule is O=S(=O)(NCC(O)c1ccc(-c2cccs2)s1)c1cccc(F)c1. The molecule has 24 heavy (non-hydrogen) atoms. The van der Waals surface area contributed by atoms with Gasteiger partial charge in [-0.05, 0) is 41.8 Å². The van der Waals surface area contributed by atoms with E-state index in [1.165, 1.54) is 29.5 Å². The first-order chi connectivity index (χ1) is 11.5. The number of hydrogen-bond acceptors (Lipinski definition) is 5. The molecule has 1 unspecified atom stereocenters. The summed E-state index contributed by atoms with van der Waals surface area (Å²) in [7, 11) is -3.87. The van der Waals surface area contributed by atoms with E-state index >= 15 is 0 Å². The number of hydrogen-bond donors (Lipinski definition) is 2. The number of rotatable bonds is 6. The van der Waals surface area contributed by atoms with Gasteiger partial charge in [-0.1, -0.05) is 12.1 Å². The van der Waals surface area contributed by atoms with E-state index in [0.29, 0.717) is 4.88 Å². The lowest BCUT2D eigenvalue weighted by molar-refractivity contribution is 0.186. The van der Waals surface area contributed by atoms with Crippen LogP contribution in [0.5, 0.6) is 0 Å². The minimum absolute atomic E-state index is 0.167. The molecule has 8 heteroatoms. The lowest BCUT2D eigenvalue weighted by Crippen LogP contribution is -2.28. The predicted octanol–water partition coefficient (Wildman–Crippen LogP) is 3.63. The highest BCUT2D eigenvalue weighted by Gasteiger charge is 2.18. The summed E-state index contributed by atoms with van der Waals surface area (Å²) in [6, 6.07) is 12.4. The van der Waals surface area contributed by atoms with E-state index in [1.807, 2.05) is 23.6 Å². The molecule has 0 aliphatic carbocycles. The molecule has 0 saturated carbocycles. The van der Waals surface area contributed by atoms with Crippen molar-refractivity contribution in [1.29, 1.82) is 0 Å². The van der Waals surface area contributed by atoms with Crippen molar-refractivity contribution in [2.45, 2.75) is 11.0 Å². The van der Waals surface area contributed by atoms with Crippen molar-refractivity contribution < 1.29 is 17.9 Å². The maximum Gasteiger partial charge on any atom is 0.240 e. The van der Waals surface area contributed by atoms with E-state index < -0.39 is 21.9 Å². The zero-order valence-corrected chi connectivity index (χ0v) is 14.8. The van der Waals surface area contributed by atoms with Crippen LogP contribution in [0.15, 0.2) is 58.8 Å². The summed E-state index contributed by atoms with van der Waals surface area (Å²) < 4.78 is 39.7. The molecule has 0 aliphatic heterocycles. The highest BCUT2D eigenvalue weighted by atomic mass is 32.2. The van der Waals surface area contributed by atoms with Gasteiger partial charge >= 0.3 is 0 Å². The molecule has 4 nitrogen and oxygen atoms in total. The minimum Gasteiger partial charge on any atom is -0.386 e. The van der Waals surface area contributed by atoms with Gasteiger partial charge in [-0.3, -0.25) is 0 Å². The number of nitrogens with one attached hydrogen (secondary N) is 1. The summed E-state index contributed by atoms with van der Waals surface area (Å²) in [5.41, 5.74) is 0. The predicted molar refractivity (Wildman–Crippen MR) is 94.2 cm³/mol. The fourth-order valence-corrected chi connectivity index (χ4v) is 4.99. The third-order valence-corrected chi connectivity index (χ3v) is 6.97. The Morgan fingerprint density at radius 3 is 2.67 bits per heavy atom. The van der Waals surface area contributed by atoms with Gasteiger partial charge in [0.1, 0.15) is 11.9 Å². The normalized spacial score (nSPS) is 13.1. The fraction of sp³-hybridized carbons (Fsp3) is 0.125. The van der Waals surface area contributed by atoms with Gasteiger partial charge in [-0.2, -0.15) is 0 Å². The number of aliphatic hydroxyl groups excluding tert-OH is 1. The Morgan fingerprint density at radius 1 is 1.12 bits per heavy atom. The second-order valence-electron chi connectivity index (χ2n) is 5.00. The second kappa shape index (κ2) is 7.12. The van der Waals surface area contributed by atoms with Crippen LogP contribution in [-0.4, -0.2) is 20.1 Å². The fourth-order valence-electron chi connectivity index (χ4n) is 2.09. The molecular formula is C16H14FNO3S3. The Kier molecular flexibility index (Phi) is 5.12. The van der Waals surface area contributed by atoms with Crippen molar-refractivity contribution >= 4 is 32.7 Å². The quantitative estimate of drug-likeness (QED) is 0.683. The summed E-state index contributed by atoms with van der Waals surface area (Å²) in [6.07, 6.45) is -0.966. The Hall–Kier alpha value is -1.58. The average Bonchev–Trinajstić information content (AvgIpc) is 3.23. The molecule has 0 bridgehead atoms. The molecule has 126 valence electrons. The highest BCUT2D eigenvalue weighted by Crippen LogP contribution is 2.33. The first-order valence-electron chi connectivity index (χ1n) is 7.02. The number of benzene rings is 1. The Morgan fingerprint density at radius 2 is 1.96 bits per heavy atom. The molecule has 0 aliphatic rings. The van der Waals surface area contributed by atoms with Crippen LogP contribution in [0.1, 0.15) is 11.0 Å². The van der Waals surface area contributed by atoms with E-state index in [-0.39, 0.29) is 11.4 Å². The van der Waals surface area contributed by atoms with Crippen molar-refractivity contribution in [3.8, 4) is 9.75 Å². The van der Waals surface area contributed by atoms with Crippen molar-refractivity contribution in [3.63, 3.8) is 0 Å². The highest BCUT2D eigenvalue weighted by molar-refractivity contribution is 7.89. The average molecular weight is 383 g/mol. The van der Waals surface area contributed by atoms with Crippen LogP contribution in [0, 0.1) is 5.82 Å². The van der Waals surface area contributed by atoms with E-state index in [2.05, 4.69) is 4.72 Å². The second-order valence-corrected chi connectivity index (χ2v) is 8.83. The molecule has 0 radical (unpaired) electrons. The maximum absolute atomic E-state index is 13.2. The summed E-state index contributed by atoms with van der Waals surface area (Å²) in [6.45, 7) is -0.177. The van der Waals surface area contributed by atoms with Crippen molar-refractivity contribution in [2.75, 3.05) is 6.54 Å². The van der Waals surface area contributed by atoms with Gasteiger partial charge < -0.3 is 5.11 Å². The molecule has 2 N–H and O–H groups in total. The van der Waals surface area contributed by atoms with Crippen LogP contribution in [0.4, 0.5) is 4.39 Å². The first kappa shape index (κ1) is 17.2. The van der Waals surface area contributed by atoms with Gasteiger partial charge in [0, 0.05) is 21.2 Å². The van der Waals surface area contributed by atoms with E-state index in [1.54, 1.807) is 17.4 Å². The molecule has 0 saturated heterocycles. The van der Waals surface area contributed by atoms with Gasteiger partial charge in [0.25, 0.3) is 0 Å². The van der Waals surface area contributed by atoms with Crippen LogP contribution >= 0.6 is 22.7 Å². The third kappa shape index (κ3) is 3.90. The molecule has 0 spiro atoms. The van der Waals surface area contributed by atoms with Crippen LogP contribution in [0.3, 0.4) is 0 Å². The minimum atomic E-state index is -3.87. The first-order valence-corrected chi connectivity index (χ1v) is 10.2. The summed E-state index contributed by atoms with van der Waals surface area (Å²) in [5, 5.41) is 12.2. The van der Waals surface area contributed by atoms with Crippen LogP contribution in [0.25, 0.3) is 9.75 Å². The molecular weight excluding hydrogens is 369 g/mol. The van der Waals surface area contributed by atoms with Crippen LogP contribution < -0.4 is 4.72 Å². The molecule has 2 heterocycles. The smallest absolute Gasteiger partial charge is 0.240 e. The maximum atomic E-state index is 13.2. The van der Waals surface area contributed by atoms with Gasteiger partial charge in [-0.25, -0.2) is 17.5 Å². The number of aliphatic hydroxyl groups is 1. The molecule has 3 aromatic rings. The monoisotopic (exact) mass is 383 g/mol. The zero-order chi connectivity index (χ0) is 17.2. The zero-order valence-electron chi connectivity index (χ0n) is 12.3. The van der Waals surface area contributed by atoms with E-state index in [9.17, 15) is 17.9 Å². The summed E-state index contributed by atoms with van der Waals surface area (Å²) in [5.74, 6) is -0.628. The van der Waals surface area contributed by atoms with Gasteiger partial charge in [-0.15, -0.1) is 22.7 Å². The lowest BCUT2D eigenvalue weighted by Gasteiger charge is -2.11. The topological polar surface area (TPSA) is 66.4 Å². The largest absolute Gasteiger partial charge is 0.386 e. The van der Waals surface area contributed by atoms with E-state index in [4.69, 9.17) is 0 Å². The van der Waals surface area contributed by atoms with Gasteiger partial charge in [0.05, 0.1) is 4.90 Å². The Balaban J connectivity index is 1.68. The summed E-state index contributed by atoms with van der Waals surface area (Å²) >= 11 is 3.01. The lowest BCUT2D eigenvalue weighted by atomic mass is 10.3. The Labute approximate surface area is 147 Å².